The molecule has 4 heteroatoms. The average molecular weight is 326 g/mol. The molecule has 1 aromatic rings. The van der Waals surface area contributed by atoms with Crippen molar-refractivity contribution in [1.29, 1.82) is 0 Å². The van der Waals surface area contributed by atoms with Crippen molar-refractivity contribution in [2.45, 2.75) is 31.7 Å². The molecule has 1 aliphatic heterocycles. The zero-order valence-electron chi connectivity index (χ0n) is 11.1. The lowest BCUT2D eigenvalue weighted by Crippen LogP contribution is -2.22. The SMILES string of the molecule is Brc1cc(CCOCCNC2CC2)c2c(c1)CCO2. The second-order valence-electron chi connectivity index (χ2n) is 5.24. The lowest BCUT2D eigenvalue weighted by atomic mass is 10.1. The third-order valence-corrected chi connectivity index (χ3v) is 4.06. The molecule has 1 saturated carbocycles. The van der Waals surface area contributed by atoms with E-state index in [0.717, 1.165) is 55.5 Å². The predicted molar refractivity (Wildman–Crippen MR) is 78.9 cm³/mol. The summed E-state index contributed by atoms with van der Waals surface area (Å²) in [5, 5.41) is 3.45. The molecule has 0 aromatic heterocycles. The summed E-state index contributed by atoms with van der Waals surface area (Å²) in [5.74, 6) is 1.09. The number of hydrogen-bond donors (Lipinski definition) is 1. The quantitative estimate of drug-likeness (QED) is 0.782. The van der Waals surface area contributed by atoms with Gasteiger partial charge in [0.05, 0.1) is 19.8 Å². The van der Waals surface area contributed by atoms with Crippen molar-refractivity contribution in [3.63, 3.8) is 0 Å². The Hall–Kier alpha value is -0.580. The van der Waals surface area contributed by atoms with Crippen LogP contribution in [0.2, 0.25) is 0 Å². The lowest BCUT2D eigenvalue weighted by Gasteiger charge is -2.10. The minimum Gasteiger partial charge on any atom is -0.493 e. The molecule has 2 aliphatic rings. The van der Waals surface area contributed by atoms with Gasteiger partial charge < -0.3 is 14.8 Å². The molecule has 0 radical (unpaired) electrons. The van der Waals surface area contributed by atoms with Gasteiger partial charge in [-0.1, -0.05) is 15.9 Å². The third kappa shape index (κ3) is 3.71. The van der Waals surface area contributed by atoms with E-state index >= 15 is 0 Å². The van der Waals surface area contributed by atoms with Crippen LogP contribution in [0.25, 0.3) is 0 Å². The van der Waals surface area contributed by atoms with Gasteiger partial charge in [-0.2, -0.15) is 0 Å². The van der Waals surface area contributed by atoms with Gasteiger partial charge in [-0.05, 0) is 42.5 Å². The van der Waals surface area contributed by atoms with Crippen LogP contribution in [0.3, 0.4) is 0 Å². The number of hydrogen-bond acceptors (Lipinski definition) is 3. The Labute approximate surface area is 122 Å². The van der Waals surface area contributed by atoms with E-state index < -0.39 is 0 Å². The Morgan fingerprint density at radius 2 is 2.21 bits per heavy atom. The molecule has 1 N–H and O–H groups in total. The van der Waals surface area contributed by atoms with Crippen LogP contribution >= 0.6 is 15.9 Å². The highest BCUT2D eigenvalue weighted by Crippen LogP contribution is 2.33. The molecule has 0 atom stereocenters. The number of fused-ring (bicyclic) bond motifs is 1. The van der Waals surface area contributed by atoms with E-state index in [1.165, 1.54) is 24.0 Å². The minimum atomic E-state index is 0.763. The number of rotatable bonds is 7. The van der Waals surface area contributed by atoms with Crippen molar-refractivity contribution in [2.75, 3.05) is 26.4 Å². The van der Waals surface area contributed by atoms with E-state index in [9.17, 15) is 0 Å². The summed E-state index contributed by atoms with van der Waals surface area (Å²) in [6.45, 7) is 3.34. The van der Waals surface area contributed by atoms with E-state index in [2.05, 4.69) is 33.4 Å². The fourth-order valence-corrected chi connectivity index (χ4v) is 2.99. The molecule has 3 nitrogen and oxygen atoms in total. The standard InChI is InChI=1S/C15H20BrNO2/c16-13-9-11(15-12(10-13)4-7-19-15)3-6-18-8-5-17-14-1-2-14/h9-10,14,17H,1-8H2. The van der Waals surface area contributed by atoms with Crippen LogP contribution in [0, 0.1) is 0 Å². The molecular formula is C15H20BrNO2. The van der Waals surface area contributed by atoms with Crippen LogP contribution in [-0.4, -0.2) is 32.4 Å². The second kappa shape index (κ2) is 6.25. The maximum Gasteiger partial charge on any atom is 0.125 e. The van der Waals surface area contributed by atoms with Gasteiger partial charge in [-0.15, -0.1) is 0 Å². The summed E-state index contributed by atoms with van der Waals surface area (Å²) in [6, 6.07) is 5.08. The van der Waals surface area contributed by atoms with E-state index in [1.807, 2.05) is 0 Å². The molecule has 0 bridgehead atoms. The highest BCUT2D eigenvalue weighted by atomic mass is 79.9. The maximum atomic E-state index is 5.71. The van der Waals surface area contributed by atoms with Gasteiger partial charge in [0.2, 0.25) is 0 Å². The van der Waals surface area contributed by atoms with Crippen LogP contribution in [0.1, 0.15) is 24.0 Å². The molecule has 19 heavy (non-hydrogen) atoms. The fourth-order valence-electron chi connectivity index (χ4n) is 2.44. The van der Waals surface area contributed by atoms with Gasteiger partial charge in [-0.3, -0.25) is 0 Å². The highest BCUT2D eigenvalue weighted by molar-refractivity contribution is 9.10. The summed E-state index contributed by atoms with van der Waals surface area (Å²) in [6.07, 6.45) is 4.61. The Balaban J connectivity index is 1.44. The van der Waals surface area contributed by atoms with Gasteiger partial charge in [0.15, 0.2) is 0 Å². The first-order valence-corrected chi connectivity index (χ1v) is 7.87. The van der Waals surface area contributed by atoms with Crippen molar-refractivity contribution in [1.82, 2.24) is 5.32 Å². The number of ether oxygens (including phenoxy) is 2. The smallest absolute Gasteiger partial charge is 0.125 e. The summed E-state index contributed by atoms with van der Waals surface area (Å²) >= 11 is 3.57. The molecule has 1 aliphatic carbocycles. The Morgan fingerprint density at radius 1 is 1.32 bits per heavy atom. The summed E-state index contributed by atoms with van der Waals surface area (Å²) in [5.41, 5.74) is 2.58. The Morgan fingerprint density at radius 3 is 3.05 bits per heavy atom. The van der Waals surface area contributed by atoms with Crippen molar-refractivity contribution in [3.05, 3.63) is 27.7 Å². The Kier molecular flexibility index (Phi) is 4.41. The van der Waals surface area contributed by atoms with Gasteiger partial charge >= 0.3 is 0 Å². The largest absolute Gasteiger partial charge is 0.493 e. The first kappa shape index (κ1) is 13.4. The summed E-state index contributed by atoms with van der Waals surface area (Å²) in [7, 11) is 0. The number of benzene rings is 1. The summed E-state index contributed by atoms with van der Waals surface area (Å²) < 4.78 is 12.5. The summed E-state index contributed by atoms with van der Waals surface area (Å²) in [4.78, 5) is 0. The van der Waals surface area contributed by atoms with Gasteiger partial charge in [0.1, 0.15) is 5.75 Å². The van der Waals surface area contributed by atoms with E-state index in [0.29, 0.717) is 0 Å². The lowest BCUT2D eigenvalue weighted by molar-refractivity contribution is 0.138. The van der Waals surface area contributed by atoms with Crippen molar-refractivity contribution >= 4 is 15.9 Å². The normalized spacial score (nSPS) is 17.3. The molecule has 3 rings (SSSR count). The van der Waals surface area contributed by atoms with Crippen LogP contribution in [0.15, 0.2) is 16.6 Å². The maximum absolute atomic E-state index is 5.71. The second-order valence-corrected chi connectivity index (χ2v) is 6.16. The zero-order chi connectivity index (χ0) is 13.1. The van der Waals surface area contributed by atoms with Gasteiger partial charge in [0.25, 0.3) is 0 Å². The van der Waals surface area contributed by atoms with Crippen LogP contribution in [0.5, 0.6) is 5.75 Å². The minimum absolute atomic E-state index is 0.763. The molecule has 0 amide bonds. The predicted octanol–water partition coefficient (Wildman–Crippen LogP) is 2.70. The van der Waals surface area contributed by atoms with Crippen LogP contribution < -0.4 is 10.1 Å². The molecule has 104 valence electrons. The molecular weight excluding hydrogens is 306 g/mol. The number of halogens is 1. The fraction of sp³-hybridized carbons (Fsp3) is 0.600. The van der Waals surface area contributed by atoms with Crippen molar-refractivity contribution in [3.8, 4) is 5.75 Å². The average Bonchev–Trinajstić information content (AvgIpc) is 3.09. The van der Waals surface area contributed by atoms with Gasteiger partial charge in [0, 0.05) is 23.5 Å². The molecule has 0 saturated heterocycles. The van der Waals surface area contributed by atoms with Gasteiger partial charge in [-0.25, -0.2) is 0 Å². The Bertz CT molecular complexity index is 446. The van der Waals surface area contributed by atoms with E-state index in [-0.39, 0.29) is 0 Å². The third-order valence-electron chi connectivity index (χ3n) is 3.60. The molecule has 0 unspecified atom stereocenters. The first-order chi connectivity index (χ1) is 9.33. The molecule has 1 heterocycles. The van der Waals surface area contributed by atoms with Crippen molar-refractivity contribution in [2.24, 2.45) is 0 Å². The van der Waals surface area contributed by atoms with Crippen LogP contribution in [-0.2, 0) is 17.6 Å². The molecule has 0 spiro atoms. The number of nitrogens with one attached hydrogen (secondary N) is 1. The topological polar surface area (TPSA) is 30.5 Å². The molecule has 1 aromatic carbocycles. The van der Waals surface area contributed by atoms with E-state index in [4.69, 9.17) is 9.47 Å². The monoisotopic (exact) mass is 325 g/mol. The van der Waals surface area contributed by atoms with Crippen LogP contribution in [0.4, 0.5) is 0 Å². The highest BCUT2D eigenvalue weighted by Gasteiger charge is 2.19. The van der Waals surface area contributed by atoms with E-state index in [1.54, 1.807) is 0 Å². The van der Waals surface area contributed by atoms with Crippen molar-refractivity contribution < 1.29 is 9.47 Å². The zero-order valence-corrected chi connectivity index (χ0v) is 12.7. The first-order valence-electron chi connectivity index (χ1n) is 7.08. The molecule has 1 fully saturated rings.